The quantitative estimate of drug-likeness (QED) is 0.639. The van der Waals surface area contributed by atoms with Gasteiger partial charge in [-0.15, -0.1) is 0 Å². The van der Waals surface area contributed by atoms with Crippen molar-refractivity contribution in [1.82, 2.24) is 0 Å². The average molecular weight is 251 g/mol. The number of unbranched alkanes of at least 4 members (excludes halogenated alkanes) is 1. The van der Waals surface area contributed by atoms with Gasteiger partial charge in [-0.1, -0.05) is 61.9 Å². The van der Waals surface area contributed by atoms with E-state index in [0.717, 1.165) is 12.0 Å². The summed E-state index contributed by atoms with van der Waals surface area (Å²) in [4.78, 5) is 0. The van der Waals surface area contributed by atoms with Crippen molar-refractivity contribution in [2.75, 3.05) is 0 Å². The fraction of sp³-hybridized carbons (Fsp3) is 0.222. The Morgan fingerprint density at radius 2 is 1.37 bits per heavy atom. The van der Waals surface area contributed by atoms with E-state index in [-0.39, 0.29) is 5.75 Å². The van der Waals surface area contributed by atoms with Crippen LogP contribution in [0.5, 0.6) is 5.75 Å². The van der Waals surface area contributed by atoms with Crippen LogP contribution in [0.4, 0.5) is 0 Å². The van der Waals surface area contributed by atoms with Gasteiger partial charge >= 0.3 is 0 Å². The number of hydrogen-bond acceptors (Lipinski definition) is 0. The van der Waals surface area contributed by atoms with Gasteiger partial charge < -0.3 is 0 Å². The van der Waals surface area contributed by atoms with Crippen LogP contribution in [-0.2, 0) is 11.5 Å². The minimum atomic E-state index is 0.0532. The highest BCUT2D eigenvalue weighted by atomic mass is 16.3. The molecule has 2 aromatic rings. The second-order valence-corrected chi connectivity index (χ2v) is 4.75. The summed E-state index contributed by atoms with van der Waals surface area (Å²) in [5, 5.41) is 11.0. The molecule has 0 aliphatic carbocycles. The van der Waals surface area contributed by atoms with Gasteiger partial charge in [0.2, 0.25) is 0 Å². The Kier molecular flexibility index (Phi) is 4.79. The van der Waals surface area contributed by atoms with Gasteiger partial charge in [0.25, 0.3) is 0 Å². The second-order valence-electron chi connectivity index (χ2n) is 4.75. The standard InChI is InChI=1S/C18H19O/c1-2-3-4-15-5-7-16(8-6-15)9-10-17-11-13-18(19)14-12-17/h5-14H,2-4H2,1H3/b10-9+. The molecule has 97 valence electrons. The fourth-order valence-electron chi connectivity index (χ4n) is 1.95. The largest absolute Gasteiger partial charge is 0.290 e. The van der Waals surface area contributed by atoms with Crippen molar-refractivity contribution >= 4 is 12.2 Å². The first-order chi connectivity index (χ1) is 9.28. The third-order valence-electron chi connectivity index (χ3n) is 3.15. The van der Waals surface area contributed by atoms with Gasteiger partial charge in [-0.25, -0.2) is 0 Å². The summed E-state index contributed by atoms with van der Waals surface area (Å²) in [6, 6.07) is 15.5. The van der Waals surface area contributed by atoms with E-state index in [1.165, 1.54) is 24.0 Å². The van der Waals surface area contributed by atoms with E-state index >= 15 is 0 Å². The van der Waals surface area contributed by atoms with Crippen LogP contribution in [0.15, 0.2) is 48.5 Å². The predicted molar refractivity (Wildman–Crippen MR) is 80.6 cm³/mol. The first-order valence-corrected chi connectivity index (χ1v) is 6.82. The van der Waals surface area contributed by atoms with Crippen molar-refractivity contribution < 1.29 is 5.11 Å². The van der Waals surface area contributed by atoms with Crippen molar-refractivity contribution in [3.8, 4) is 5.75 Å². The Labute approximate surface area is 115 Å². The Morgan fingerprint density at radius 3 is 1.89 bits per heavy atom. The Balaban J connectivity index is 2.00. The fourth-order valence-corrected chi connectivity index (χ4v) is 1.95. The zero-order chi connectivity index (χ0) is 13.5. The lowest BCUT2D eigenvalue weighted by Gasteiger charge is -2.00. The van der Waals surface area contributed by atoms with Crippen LogP contribution in [0.25, 0.3) is 12.2 Å². The zero-order valence-electron chi connectivity index (χ0n) is 11.3. The molecule has 0 aromatic heterocycles. The Morgan fingerprint density at radius 1 is 0.842 bits per heavy atom. The first-order valence-electron chi connectivity index (χ1n) is 6.82. The van der Waals surface area contributed by atoms with Gasteiger partial charge in [0, 0.05) is 0 Å². The third kappa shape index (κ3) is 4.29. The highest BCUT2D eigenvalue weighted by Crippen LogP contribution is 2.14. The van der Waals surface area contributed by atoms with Crippen molar-refractivity contribution in [2.24, 2.45) is 0 Å². The summed E-state index contributed by atoms with van der Waals surface area (Å²) >= 11 is 0. The van der Waals surface area contributed by atoms with Crippen LogP contribution in [0, 0.1) is 0 Å². The van der Waals surface area contributed by atoms with E-state index < -0.39 is 0 Å². The first kappa shape index (κ1) is 13.4. The molecule has 2 rings (SSSR count). The lowest BCUT2D eigenvalue weighted by Crippen LogP contribution is -1.84. The summed E-state index contributed by atoms with van der Waals surface area (Å²) < 4.78 is 0. The molecule has 0 amide bonds. The number of hydrogen-bond donors (Lipinski definition) is 0. The van der Waals surface area contributed by atoms with E-state index in [0.29, 0.717) is 0 Å². The lowest BCUT2D eigenvalue weighted by atomic mass is 10.1. The number of aryl methyl sites for hydroxylation is 1. The average Bonchev–Trinajstić information content (AvgIpc) is 2.46. The van der Waals surface area contributed by atoms with Gasteiger partial charge in [0.1, 0.15) is 0 Å². The highest BCUT2D eigenvalue weighted by molar-refractivity contribution is 5.69. The molecule has 0 aliphatic heterocycles. The molecule has 2 aromatic carbocycles. The van der Waals surface area contributed by atoms with Crippen LogP contribution in [-0.4, -0.2) is 0 Å². The van der Waals surface area contributed by atoms with Crippen LogP contribution in [0.3, 0.4) is 0 Å². The van der Waals surface area contributed by atoms with Crippen LogP contribution < -0.4 is 0 Å². The van der Waals surface area contributed by atoms with Crippen molar-refractivity contribution in [3.05, 3.63) is 65.2 Å². The molecule has 0 saturated heterocycles. The summed E-state index contributed by atoms with van der Waals surface area (Å²) in [6.45, 7) is 2.21. The third-order valence-corrected chi connectivity index (χ3v) is 3.15. The van der Waals surface area contributed by atoms with E-state index in [4.69, 9.17) is 0 Å². The minimum Gasteiger partial charge on any atom is -0.290 e. The maximum Gasteiger partial charge on any atom is 0.178 e. The monoisotopic (exact) mass is 251 g/mol. The van der Waals surface area contributed by atoms with E-state index in [1.807, 2.05) is 18.2 Å². The topological polar surface area (TPSA) is 19.9 Å². The van der Waals surface area contributed by atoms with Crippen molar-refractivity contribution in [3.63, 3.8) is 0 Å². The molecule has 0 spiro atoms. The molecule has 0 saturated carbocycles. The van der Waals surface area contributed by atoms with Crippen LogP contribution >= 0.6 is 0 Å². The Bertz CT molecular complexity index is 521. The van der Waals surface area contributed by atoms with Crippen molar-refractivity contribution in [2.45, 2.75) is 26.2 Å². The molecule has 1 nitrogen and oxygen atoms in total. The zero-order valence-corrected chi connectivity index (χ0v) is 11.3. The predicted octanol–water partition coefficient (Wildman–Crippen LogP) is 5.34. The molecule has 19 heavy (non-hydrogen) atoms. The molecule has 0 fully saturated rings. The van der Waals surface area contributed by atoms with E-state index in [1.54, 1.807) is 12.1 Å². The van der Waals surface area contributed by atoms with Gasteiger partial charge in [-0.05, 0) is 41.7 Å². The maximum absolute atomic E-state index is 11.0. The molecular weight excluding hydrogens is 232 g/mol. The summed E-state index contributed by atoms with van der Waals surface area (Å²) in [7, 11) is 0. The molecular formula is C18H19O. The Hall–Kier alpha value is -2.02. The van der Waals surface area contributed by atoms with Gasteiger partial charge in [0.15, 0.2) is 5.75 Å². The molecule has 0 atom stereocenters. The van der Waals surface area contributed by atoms with E-state index in [9.17, 15) is 5.11 Å². The maximum atomic E-state index is 11.0. The second kappa shape index (κ2) is 6.79. The molecule has 0 unspecified atom stereocenters. The van der Waals surface area contributed by atoms with E-state index in [2.05, 4.69) is 37.3 Å². The summed E-state index contributed by atoms with van der Waals surface area (Å²) in [5.41, 5.74) is 3.64. The summed E-state index contributed by atoms with van der Waals surface area (Å²) in [5.74, 6) is 0.0532. The molecule has 1 radical (unpaired) electrons. The molecule has 0 heterocycles. The van der Waals surface area contributed by atoms with Crippen LogP contribution in [0.2, 0.25) is 0 Å². The number of rotatable bonds is 5. The molecule has 0 aliphatic rings. The number of benzene rings is 2. The van der Waals surface area contributed by atoms with Gasteiger partial charge in [-0.2, -0.15) is 0 Å². The summed E-state index contributed by atoms with van der Waals surface area (Å²) in [6.07, 6.45) is 7.74. The molecule has 0 bridgehead atoms. The smallest absolute Gasteiger partial charge is 0.178 e. The van der Waals surface area contributed by atoms with Gasteiger partial charge in [0.05, 0.1) is 0 Å². The lowest BCUT2D eigenvalue weighted by molar-refractivity contribution is 0.355. The molecule has 1 heteroatoms. The normalized spacial score (nSPS) is 11.0. The minimum absolute atomic E-state index is 0.0532. The van der Waals surface area contributed by atoms with Gasteiger partial charge in [-0.3, -0.25) is 5.11 Å². The highest BCUT2D eigenvalue weighted by Gasteiger charge is 1.93. The van der Waals surface area contributed by atoms with Crippen molar-refractivity contribution in [1.29, 1.82) is 0 Å². The van der Waals surface area contributed by atoms with Crippen LogP contribution in [0.1, 0.15) is 36.5 Å². The SMILES string of the molecule is CCCCc1ccc(/C=C/c2ccc([O])cc2)cc1. The molecule has 0 N–H and O–H groups in total.